The molecule has 20 heavy (non-hydrogen) atoms. The second kappa shape index (κ2) is 10.3. The fourth-order valence-electron chi connectivity index (χ4n) is 2.16. The van der Waals surface area contributed by atoms with Gasteiger partial charge in [0.1, 0.15) is 24.4 Å². The van der Waals surface area contributed by atoms with Crippen molar-refractivity contribution in [3.8, 4) is 0 Å². The summed E-state index contributed by atoms with van der Waals surface area (Å²) in [5.74, 6) is 0. The maximum absolute atomic E-state index is 9.86. The molecule has 1 saturated heterocycles. The van der Waals surface area contributed by atoms with Gasteiger partial charge in [0.05, 0.1) is 13.2 Å². The highest BCUT2D eigenvalue weighted by atomic mass is 16.6. The van der Waals surface area contributed by atoms with Crippen molar-refractivity contribution in [3.05, 3.63) is 12.2 Å². The van der Waals surface area contributed by atoms with Gasteiger partial charge < -0.3 is 24.8 Å². The zero-order valence-corrected chi connectivity index (χ0v) is 12.3. The van der Waals surface area contributed by atoms with E-state index in [1.54, 1.807) is 0 Å². The quantitative estimate of drug-likeness (QED) is 0.436. The van der Waals surface area contributed by atoms with Gasteiger partial charge in [0.2, 0.25) is 0 Å². The Morgan fingerprint density at radius 2 is 1.85 bits per heavy atom. The third kappa shape index (κ3) is 5.89. The molecule has 0 saturated carbocycles. The first-order valence-corrected chi connectivity index (χ1v) is 7.55. The summed E-state index contributed by atoms with van der Waals surface area (Å²) in [6.45, 7) is 2.61. The monoisotopic (exact) mass is 288 g/mol. The summed E-state index contributed by atoms with van der Waals surface area (Å²) in [5, 5.41) is 28.5. The Morgan fingerprint density at radius 3 is 2.50 bits per heavy atom. The molecule has 0 aromatic carbocycles. The van der Waals surface area contributed by atoms with Crippen molar-refractivity contribution in [2.75, 3.05) is 19.8 Å². The molecule has 0 amide bonds. The normalized spacial score (nSPS) is 31.0. The Bertz CT molecular complexity index is 269. The molecule has 1 rings (SSSR count). The second-order valence-corrected chi connectivity index (χ2v) is 5.20. The second-order valence-electron chi connectivity index (χ2n) is 5.20. The minimum atomic E-state index is -1.09. The van der Waals surface area contributed by atoms with E-state index in [4.69, 9.17) is 14.6 Å². The fraction of sp³-hybridized carbons (Fsp3) is 0.867. The molecule has 0 aliphatic carbocycles. The highest BCUT2D eigenvalue weighted by Crippen LogP contribution is 2.18. The third-order valence-corrected chi connectivity index (χ3v) is 3.50. The van der Waals surface area contributed by atoms with Gasteiger partial charge in [0, 0.05) is 6.61 Å². The van der Waals surface area contributed by atoms with Gasteiger partial charge in [-0.25, -0.2) is 0 Å². The van der Waals surface area contributed by atoms with Crippen LogP contribution in [0.2, 0.25) is 0 Å². The van der Waals surface area contributed by atoms with Crippen LogP contribution in [0, 0.1) is 0 Å². The molecule has 0 aromatic rings. The molecule has 0 spiro atoms. The Kier molecular flexibility index (Phi) is 9.05. The number of allylic oxidation sites excluding steroid dienone is 2. The summed E-state index contributed by atoms with van der Waals surface area (Å²) >= 11 is 0. The van der Waals surface area contributed by atoms with Crippen LogP contribution in [-0.2, 0) is 9.47 Å². The molecule has 0 bridgehead atoms. The minimum absolute atomic E-state index is 0.204. The minimum Gasteiger partial charge on any atom is -0.394 e. The molecule has 1 aliphatic rings. The van der Waals surface area contributed by atoms with Gasteiger partial charge in [-0.2, -0.15) is 0 Å². The van der Waals surface area contributed by atoms with E-state index in [2.05, 4.69) is 19.1 Å². The molecular formula is C15H28O5. The maximum atomic E-state index is 9.86. The summed E-state index contributed by atoms with van der Waals surface area (Å²) in [5.41, 5.74) is 0. The lowest BCUT2D eigenvalue weighted by molar-refractivity contribution is -0.208. The molecule has 118 valence electrons. The summed E-state index contributed by atoms with van der Waals surface area (Å²) in [4.78, 5) is 0. The predicted molar refractivity (Wildman–Crippen MR) is 76.5 cm³/mol. The van der Waals surface area contributed by atoms with Gasteiger partial charge in [-0.15, -0.1) is 0 Å². The van der Waals surface area contributed by atoms with Crippen molar-refractivity contribution >= 4 is 0 Å². The van der Waals surface area contributed by atoms with E-state index in [1.807, 2.05) is 0 Å². The maximum Gasteiger partial charge on any atom is 0.111 e. The van der Waals surface area contributed by atoms with E-state index in [-0.39, 0.29) is 13.2 Å². The average molecular weight is 288 g/mol. The number of ether oxygens (including phenoxy) is 2. The Hall–Kier alpha value is -0.460. The van der Waals surface area contributed by atoms with Crippen LogP contribution in [0.1, 0.15) is 39.0 Å². The number of unbranched alkanes of at least 4 members (excludes halogenated alkanes) is 3. The molecular weight excluding hydrogens is 260 g/mol. The molecule has 0 aromatic heterocycles. The van der Waals surface area contributed by atoms with Crippen LogP contribution in [-0.4, -0.2) is 59.6 Å². The number of rotatable bonds is 9. The lowest BCUT2D eigenvalue weighted by Crippen LogP contribution is -2.55. The summed E-state index contributed by atoms with van der Waals surface area (Å²) < 4.78 is 10.8. The molecule has 3 N–H and O–H groups in total. The van der Waals surface area contributed by atoms with Crippen molar-refractivity contribution in [3.63, 3.8) is 0 Å². The van der Waals surface area contributed by atoms with E-state index >= 15 is 0 Å². The zero-order chi connectivity index (χ0) is 14.8. The molecule has 1 heterocycles. The average Bonchev–Trinajstić information content (AvgIpc) is 2.46. The lowest BCUT2D eigenvalue weighted by atomic mass is 10.0. The van der Waals surface area contributed by atoms with Crippen molar-refractivity contribution < 1.29 is 24.8 Å². The van der Waals surface area contributed by atoms with Crippen LogP contribution >= 0.6 is 0 Å². The van der Waals surface area contributed by atoms with Gasteiger partial charge >= 0.3 is 0 Å². The van der Waals surface area contributed by atoms with Gasteiger partial charge in [0.15, 0.2) is 0 Å². The molecule has 5 nitrogen and oxygen atoms in total. The first-order chi connectivity index (χ1) is 9.70. The van der Waals surface area contributed by atoms with Crippen LogP contribution in [0.15, 0.2) is 12.2 Å². The van der Waals surface area contributed by atoms with Crippen molar-refractivity contribution in [2.45, 2.75) is 63.4 Å². The summed E-state index contributed by atoms with van der Waals surface area (Å²) in [7, 11) is 0. The van der Waals surface area contributed by atoms with Crippen molar-refractivity contribution in [1.82, 2.24) is 0 Å². The molecule has 0 unspecified atom stereocenters. The molecule has 0 radical (unpaired) electrons. The molecule has 5 heteroatoms. The van der Waals surface area contributed by atoms with Gasteiger partial charge in [-0.3, -0.25) is 0 Å². The van der Waals surface area contributed by atoms with Gasteiger partial charge in [-0.1, -0.05) is 31.9 Å². The van der Waals surface area contributed by atoms with Crippen LogP contribution in [0.3, 0.4) is 0 Å². The van der Waals surface area contributed by atoms with E-state index in [0.717, 1.165) is 19.3 Å². The van der Waals surface area contributed by atoms with Gasteiger partial charge in [0.25, 0.3) is 0 Å². The molecule has 1 aliphatic heterocycles. The lowest BCUT2D eigenvalue weighted by Gasteiger charge is -2.36. The van der Waals surface area contributed by atoms with Crippen LogP contribution in [0.25, 0.3) is 0 Å². The zero-order valence-electron chi connectivity index (χ0n) is 12.3. The van der Waals surface area contributed by atoms with Crippen molar-refractivity contribution in [2.24, 2.45) is 0 Å². The number of hydrogen-bond acceptors (Lipinski definition) is 5. The van der Waals surface area contributed by atoms with Crippen molar-refractivity contribution in [1.29, 1.82) is 0 Å². The Labute approximate surface area is 121 Å². The highest BCUT2D eigenvalue weighted by Gasteiger charge is 2.38. The molecule has 4 atom stereocenters. The summed E-state index contributed by atoms with van der Waals surface area (Å²) in [6.07, 6.45) is 6.42. The molecule has 1 fully saturated rings. The highest BCUT2D eigenvalue weighted by molar-refractivity contribution is 4.87. The van der Waals surface area contributed by atoms with E-state index in [9.17, 15) is 10.2 Å². The predicted octanol–water partition coefficient (Wildman–Crippen LogP) is 1.01. The topological polar surface area (TPSA) is 79.2 Å². The van der Waals surface area contributed by atoms with E-state index in [0.29, 0.717) is 6.61 Å². The third-order valence-electron chi connectivity index (χ3n) is 3.50. The summed E-state index contributed by atoms with van der Waals surface area (Å²) in [6, 6.07) is 0. The largest absolute Gasteiger partial charge is 0.394 e. The SMILES string of the molecule is CCCC/C=C/CCCO[C@H]1CO[C@H](CO)[C@@H](O)[C@@H]1O. The first-order valence-electron chi connectivity index (χ1n) is 7.55. The fourth-order valence-corrected chi connectivity index (χ4v) is 2.16. The van der Waals surface area contributed by atoms with Crippen LogP contribution in [0.4, 0.5) is 0 Å². The Balaban J connectivity index is 2.11. The van der Waals surface area contributed by atoms with Crippen LogP contribution < -0.4 is 0 Å². The first kappa shape index (κ1) is 17.6. The standard InChI is InChI=1S/C15H28O5/c1-2-3-4-5-6-7-8-9-19-13-11-20-12(10-16)14(17)15(13)18/h5-6,12-18H,2-4,7-11H2,1H3/b6-5+/t12-,13+,14-,15-/m1/s1. The smallest absolute Gasteiger partial charge is 0.111 e. The van der Waals surface area contributed by atoms with Gasteiger partial charge in [-0.05, 0) is 19.3 Å². The number of hydrogen-bond donors (Lipinski definition) is 3. The Morgan fingerprint density at radius 1 is 1.15 bits per heavy atom. The number of aliphatic hydroxyl groups excluding tert-OH is 3. The van der Waals surface area contributed by atoms with Crippen LogP contribution in [0.5, 0.6) is 0 Å². The van der Waals surface area contributed by atoms with E-state index < -0.39 is 24.4 Å². The van der Waals surface area contributed by atoms with E-state index in [1.165, 1.54) is 12.8 Å². The number of aliphatic hydroxyl groups is 3.